The number of fused-ring (bicyclic) bond motifs is 1. The molecule has 0 aromatic carbocycles. The average molecular weight is 307 g/mol. The summed E-state index contributed by atoms with van der Waals surface area (Å²) in [4.78, 5) is 23.7. The van der Waals surface area contributed by atoms with Gasteiger partial charge < -0.3 is 4.90 Å². The second-order valence-corrected chi connectivity index (χ2v) is 5.87. The summed E-state index contributed by atoms with van der Waals surface area (Å²) in [7, 11) is 0. The topological polar surface area (TPSA) is 63.4 Å². The van der Waals surface area contributed by atoms with E-state index in [0.717, 1.165) is 30.6 Å². The maximum Gasteiger partial charge on any atom is 0.259 e. The Labute approximate surface area is 133 Å². The first-order valence-electron chi connectivity index (χ1n) is 7.76. The molecule has 1 saturated heterocycles. The molecule has 1 aliphatic rings. The first-order chi connectivity index (χ1) is 11.2. The quantitative estimate of drug-likeness (QED) is 0.729. The number of hydrogen-bond acceptors (Lipinski definition) is 4. The third-order valence-electron chi connectivity index (χ3n) is 4.26. The Morgan fingerprint density at radius 2 is 2.17 bits per heavy atom. The number of carbonyl (C=O) groups is 1. The number of amides is 1. The fraction of sp³-hybridized carbons (Fsp3) is 0.294. The highest BCUT2D eigenvalue weighted by molar-refractivity contribution is 6.00. The van der Waals surface area contributed by atoms with Crippen LogP contribution in [0.5, 0.6) is 0 Å². The minimum absolute atomic E-state index is 0.0236. The van der Waals surface area contributed by atoms with Gasteiger partial charge in [0.15, 0.2) is 5.65 Å². The minimum atomic E-state index is -0.0236. The van der Waals surface area contributed by atoms with Crippen molar-refractivity contribution in [3.05, 3.63) is 59.8 Å². The maximum absolute atomic E-state index is 13.0. The number of pyridine rings is 1. The van der Waals surface area contributed by atoms with Crippen LogP contribution in [0, 0.1) is 6.92 Å². The maximum atomic E-state index is 13.0. The zero-order chi connectivity index (χ0) is 15.8. The monoisotopic (exact) mass is 307 g/mol. The zero-order valence-electron chi connectivity index (χ0n) is 12.9. The molecule has 0 unspecified atom stereocenters. The van der Waals surface area contributed by atoms with Gasteiger partial charge in [0.1, 0.15) is 5.56 Å². The summed E-state index contributed by atoms with van der Waals surface area (Å²) in [6.45, 7) is 2.69. The molecule has 1 fully saturated rings. The van der Waals surface area contributed by atoms with Crippen molar-refractivity contribution in [2.45, 2.75) is 25.8 Å². The number of carbonyl (C=O) groups excluding carboxylic acids is 1. The van der Waals surface area contributed by atoms with E-state index in [2.05, 4.69) is 15.1 Å². The highest BCUT2D eigenvalue weighted by Gasteiger charge is 2.32. The van der Waals surface area contributed by atoms with Crippen molar-refractivity contribution >= 4 is 11.6 Å². The molecular formula is C17H17N5O. The Kier molecular flexibility index (Phi) is 3.29. The van der Waals surface area contributed by atoms with Crippen LogP contribution >= 0.6 is 0 Å². The molecule has 4 heterocycles. The van der Waals surface area contributed by atoms with E-state index in [1.54, 1.807) is 23.1 Å². The van der Waals surface area contributed by atoms with Crippen LogP contribution in [0.25, 0.3) is 5.65 Å². The van der Waals surface area contributed by atoms with Crippen LogP contribution in [0.15, 0.2) is 43.0 Å². The lowest BCUT2D eigenvalue weighted by Gasteiger charge is -2.23. The van der Waals surface area contributed by atoms with E-state index in [1.165, 1.54) is 0 Å². The van der Waals surface area contributed by atoms with Gasteiger partial charge in [0.2, 0.25) is 0 Å². The van der Waals surface area contributed by atoms with Gasteiger partial charge in [0.25, 0.3) is 5.91 Å². The van der Waals surface area contributed by atoms with Crippen molar-refractivity contribution in [2.75, 3.05) is 6.54 Å². The predicted molar refractivity (Wildman–Crippen MR) is 85.0 cm³/mol. The van der Waals surface area contributed by atoms with Gasteiger partial charge in [-0.25, -0.2) is 9.50 Å². The molecule has 4 rings (SSSR count). The molecule has 1 amide bonds. The molecule has 0 spiro atoms. The van der Waals surface area contributed by atoms with E-state index in [0.29, 0.717) is 11.2 Å². The normalized spacial score (nSPS) is 17.8. The molecule has 1 aliphatic heterocycles. The highest BCUT2D eigenvalue weighted by Crippen LogP contribution is 2.32. The van der Waals surface area contributed by atoms with Gasteiger partial charge in [-0.1, -0.05) is 6.07 Å². The van der Waals surface area contributed by atoms with Crippen molar-refractivity contribution in [3.63, 3.8) is 0 Å². The summed E-state index contributed by atoms with van der Waals surface area (Å²) in [5, 5.41) is 4.26. The van der Waals surface area contributed by atoms with Crippen molar-refractivity contribution < 1.29 is 4.79 Å². The van der Waals surface area contributed by atoms with Crippen LogP contribution in [0.1, 0.15) is 40.5 Å². The number of nitrogens with zero attached hydrogens (tertiary/aromatic N) is 5. The number of rotatable bonds is 2. The second kappa shape index (κ2) is 5.46. The van der Waals surface area contributed by atoms with Crippen LogP contribution in [-0.4, -0.2) is 36.9 Å². The van der Waals surface area contributed by atoms with Crippen LogP contribution in [0.3, 0.4) is 0 Å². The van der Waals surface area contributed by atoms with Gasteiger partial charge in [-0.2, -0.15) is 5.10 Å². The lowest BCUT2D eigenvalue weighted by Crippen LogP contribution is -2.31. The van der Waals surface area contributed by atoms with Crippen LogP contribution in [-0.2, 0) is 0 Å². The fourth-order valence-corrected chi connectivity index (χ4v) is 3.16. The van der Waals surface area contributed by atoms with Crippen LogP contribution < -0.4 is 0 Å². The second-order valence-electron chi connectivity index (χ2n) is 5.87. The smallest absolute Gasteiger partial charge is 0.259 e. The number of likely N-dealkylation sites (tertiary alicyclic amines) is 1. The first-order valence-corrected chi connectivity index (χ1v) is 7.76. The SMILES string of the molecule is Cc1cnc2c(C(=O)N3CCC[C@@H]3c3ccccn3)cnn2c1. The van der Waals surface area contributed by atoms with Crippen molar-refractivity contribution in [2.24, 2.45) is 0 Å². The van der Waals surface area contributed by atoms with Crippen molar-refractivity contribution in [1.29, 1.82) is 0 Å². The fourth-order valence-electron chi connectivity index (χ4n) is 3.16. The highest BCUT2D eigenvalue weighted by atomic mass is 16.2. The molecule has 23 heavy (non-hydrogen) atoms. The molecule has 0 radical (unpaired) electrons. The summed E-state index contributed by atoms with van der Waals surface area (Å²) in [6, 6.07) is 5.86. The Morgan fingerprint density at radius 1 is 1.26 bits per heavy atom. The summed E-state index contributed by atoms with van der Waals surface area (Å²) in [5.74, 6) is -0.0236. The summed E-state index contributed by atoms with van der Waals surface area (Å²) in [5.41, 5.74) is 3.10. The molecule has 0 saturated carbocycles. The minimum Gasteiger partial charge on any atom is -0.330 e. The predicted octanol–water partition coefficient (Wildman–Crippen LogP) is 2.41. The molecule has 0 bridgehead atoms. The van der Waals surface area contributed by atoms with Crippen LogP contribution in [0.4, 0.5) is 0 Å². The lowest BCUT2D eigenvalue weighted by molar-refractivity contribution is 0.0734. The zero-order valence-corrected chi connectivity index (χ0v) is 12.9. The molecule has 3 aromatic heterocycles. The largest absolute Gasteiger partial charge is 0.330 e. The number of aryl methyl sites for hydroxylation is 1. The van der Waals surface area contributed by atoms with Gasteiger partial charge in [0.05, 0.1) is 17.9 Å². The first kappa shape index (κ1) is 13.9. The van der Waals surface area contributed by atoms with E-state index in [1.807, 2.05) is 36.2 Å². The standard InChI is InChI=1S/C17H17N5O/c1-12-9-19-16-13(10-20-22(16)11-12)17(23)21-8-4-6-15(21)14-5-2-3-7-18-14/h2-3,5,7,9-11,15H,4,6,8H2,1H3/t15-/m1/s1. The Hall–Kier alpha value is -2.76. The Bertz CT molecular complexity index is 858. The molecule has 116 valence electrons. The summed E-state index contributed by atoms with van der Waals surface area (Å²) in [6.07, 6.45) is 8.94. The van der Waals surface area contributed by atoms with Crippen molar-refractivity contribution in [1.82, 2.24) is 24.5 Å². The van der Waals surface area contributed by atoms with Gasteiger partial charge >= 0.3 is 0 Å². The molecule has 6 heteroatoms. The Balaban J connectivity index is 1.70. The molecule has 3 aromatic rings. The van der Waals surface area contributed by atoms with Gasteiger partial charge in [-0.15, -0.1) is 0 Å². The lowest BCUT2D eigenvalue weighted by atomic mass is 10.1. The number of hydrogen-bond donors (Lipinski definition) is 0. The van der Waals surface area contributed by atoms with Crippen molar-refractivity contribution in [3.8, 4) is 0 Å². The van der Waals surface area contributed by atoms with E-state index in [-0.39, 0.29) is 11.9 Å². The van der Waals surface area contributed by atoms with Crippen LogP contribution in [0.2, 0.25) is 0 Å². The molecule has 0 aliphatic carbocycles. The summed E-state index contributed by atoms with van der Waals surface area (Å²) >= 11 is 0. The van der Waals surface area contributed by atoms with E-state index in [9.17, 15) is 4.79 Å². The van der Waals surface area contributed by atoms with E-state index in [4.69, 9.17) is 0 Å². The molecule has 6 nitrogen and oxygen atoms in total. The molecule has 0 N–H and O–H groups in total. The van der Waals surface area contributed by atoms with E-state index >= 15 is 0 Å². The third-order valence-corrected chi connectivity index (χ3v) is 4.26. The van der Waals surface area contributed by atoms with Gasteiger partial charge in [-0.05, 0) is 37.5 Å². The van der Waals surface area contributed by atoms with E-state index < -0.39 is 0 Å². The molecular weight excluding hydrogens is 290 g/mol. The third kappa shape index (κ3) is 2.36. The summed E-state index contributed by atoms with van der Waals surface area (Å²) < 4.78 is 1.66. The Morgan fingerprint density at radius 3 is 3.00 bits per heavy atom. The number of aromatic nitrogens is 4. The average Bonchev–Trinajstić information content (AvgIpc) is 3.21. The van der Waals surface area contributed by atoms with Gasteiger partial charge in [0, 0.05) is 25.1 Å². The van der Waals surface area contributed by atoms with Gasteiger partial charge in [-0.3, -0.25) is 9.78 Å². The molecule has 1 atom stereocenters.